The van der Waals surface area contributed by atoms with Crippen LogP contribution in [0.2, 0.25) is 0 Å². The Bertz CT molecular complexity index is 388. The number of benzene rings is 1. The molecule has 1 aliphatic heterocycles. The van der Waals surface area contributed by atoms with E-state index in [1.54, 1.807) is 7.11 Å². The first-order valence-corrected chi connectivity index (χ1v) is 7.91. The maximum atomic E-state index is 5.47. The summed E-state index contributed by atoms with van der Waals surface area (Å²) in [5.41, 5.74) is 1.29. The molecule has 0 aliphatic carbocycles. The standard InChI is InChI=1S/C17H28N2O/c1-3-12-19(14-16-9-6-7-11-18-16)13-15-8-4-5-10-17(15)20-2/h4-5,8,10,16,18H,3,6-7,9,11-14H2,1-2H3. The Hall–Kier alpha value is -1.06. The van der Waals surface area contributed by atoms with Crippen LogP contribution in [0, 0.1) is 0 Å². The van der Waals surface area contributed by atoms with E-state index in [0.717, 1.165) is 25.4 Å². The lowest BCUT2D eigenvalue weighted by atomic mass is 10.0. The molecule has 20 heavy (non-hydrogen) atoms. The van der Waals surface area contributed by atoms with E-state index >= 15 is 0 Å². The molecule has 0 spiro atoms. The zero-order valence-electron chi connectivity index (χ0n) is 12.9. The van der Waals surface area contributed by atoms with Crippen LogP contribution in [0.3, 0.4) is 0 Å². The third-order valence-corrected chi connectivity index (χ3v) is 4.02. The highest BCUT2D eigenvalue weighted by Gasteiger charge is 2.17. The predicted octanol–water partition coefficient (Wildman–Crippen LogP) is 3.05. The number of rotatable bonds is 7. The molecule has 0 amide bonds. The Morgan fingerprint density at radius 2 is 2.15 bits per heavy atom. The van der Waals surface area contributed by atoms with E-state index in [4.69, 9.17) is 4.74 Å². The number of para-hydroxylation sites is 1. The molecule has 1 aromatic carbocycles. The van der Waals surface area contributed by atoms with E-state index in [9.17, 15) is 0 Å². The van der Waals surface area contributed by atoms with E-state index < -0.39 is 0 Å². The highest BCUT2D eigenvalue weighted by molar-refractivity contribution is 5.33. The van der Waals surface area contributed by atoms with Crippen molar-refractivity contribution in [3.8, 4) is 5.75 Å². The molecule has 2 rings (SSSR count). The van der Waals surface area contributed by atoms with Gasteiger partial charge < -0.3 is 10.1 Å². The lowest BCUT2D eigenvalue weighted by molar-refractivity contribution is 0.215. The lowest BCUT2D eigenvalue weighted by Gasteiger charge is -2.30. The molecule has 3 nitrogen and oxygen atoms in total. The third-order valence-electron chi connectivity index (χ3n) is 4.02. The van der Waals surface area contributed by atoms with Crippen LogP contribution in [0.4, 0.5) is 0 Å². The molecule has 0 radical (unpaired) electrons. The Morgan fingerprint density at radius 3 is 2.85 bits per heavy atom. The molecule has 1 aromatic rings. The highest BCUT2D eigenvalue weighted by Crippen LogP contribution is 2.20. The SMILES string of the molecule is CCCN(Cc1ccccc1OC)CC1CCCCN1. The summed E-state index contributed by atoms with van der Waals surface area (Å²) in [6.45, 7) is 6.71. The van der Waals surface area contributed by atoms with Gasteiger partial charge in [-0.25, -0.2) is 0 Å². The number of piperidine rings is 1. The maximum Gasteiger partial charge on any atom is 0.123 e. The molecule has 1 aliphatic rings. The van der Waals surface area contributed by atoms with Crippen molar-refractivity contribution in [3.63, 3.8) is 0 Å². The molecule has 1 atom stereocenters. The molecule has 112 valence electrons. The third kappa shape index (κ3) is 4.50. The Kier molecular flexibility index (Phi) is 6.34. The van der Waals surface area contributed by atoms with Crippen LogP contribution >= 0.6 is 0 Å². The fourth-order valence-electron chi connectivity index (χ4n) is 3.02. The molecule has 1 unspecified atom stereocenters. The molecule has 0 aromatic heterocycles. The lowest BCUT2D eigenvalue weighted by Crippen LogP contribution is -2.43. The Balaban J connectivity index is 1.96. The number of methoxy groups -OCH3 is 1. The summed E-state index contributed by atoms with van der Waals surface area (Å²) in [5.74, 6) is 1.00. The van der Waals surface area contributed by atoms with E-state index in [1.807, 2.05) is 6.07 Å². The minimum absolute atomic E-state index is 0.657. The molecule has 1 N–H and O–H groups in total. The second kappa shape index (κ2) is 8.28. The van der Waals surface area contributed by atoms with Gasteiger partial charge in [-0.2, -0.15) is 0 Å². The molecule has 0 saturated carbocycles. The Labute approximate surface area is 123 Å². The average molecular weight is 276 g/mol. The normalized spacial score (nSPS) is 19.2. The smallest absolute Gasteiger partial charge is 0.123 e. The van der Waals surface area contributed by atoms with Crippen molar-refractivity contribution in [1.82, 2.24) is 10.2 Å². The Morgan fingerprint density at radius 1 is 1.30 bits per heavy atom. The molecule has 1 saturated heterocycles. The van der Waals surface area contributed by atoms with Gasteiger partial charge in [0.05, 0.1) is 7.11 Å². The van der Waals surface area contributed by atoms with Crippen LogP contribution in [0.1, 0.15) is 38.2 Å². The van der Waals surface area contributed by atoms with Gasteiger partial charge >= 0.3 is 0 Å². The van der Waals surface area contributed by atoms with Gasteiger partial charge in [-0.1, -0.05) is 31.5 Å². The topological polar surface area (TPSA) is 24.5 Å². The van der Waals surface area contributed by atoms with E-state index in [-0.39, 0.29) is 0 Å². The molecular weight excluding hydrogens is 248 g/mol. The summed E-state index contributed by atoms with van der Waals surface area (Å²) in [6, 6.07) is 9.02. The minimum atomic E-state index is 0.657. The maximum absolute atomic E-state index is 5.47. The number of hydrogen-bond acceptors (Lipinski definition) is 3. The minimum Gasteiger partial charge on any atom is -0.496 e. The van der Waals surface area contributed by atoms with E-state index in [0.29, 0.717) is 6.04 Å². The predicted molar refractivity (Wildman–Crippen MR) is 84.2 cm³/mol. The van der Waals surface area contributed by atoms with Gasteiger partial charge in [-0.05, 0) is 38.4 Å². The van der Waals surface area contributed by atoms with Gasteiger partial charge in [0.25, 0.3) is 0 Å². The first kappa shape index (κ1) is 15.3. The highest BCUT2D eigenvalue weighted by atomic mass is 16.5. The van der Waals surface area contributed by atoms with Crippen LogP contribution in [0.5, 0.6) is 5.75 Å². The fraction of sp³-hybridized carbons (Fsp3) is 0.647. The summed E-state index contributed by atoms with van der Waals surface area (Å²) in [4.78, 5) is 2.56. The van der Waals surface area contributed by atoms with Crippen LogP contribution in [-0.4, -0.2) is 37.7 Å². The van der Waals surface area contributed by atoms with Crippen LogP contribution in [0.25, 0.3) is 0 Å². The van der Waals surface area contributed by atoms with Crippen LogP contribution in [-0.2, 0) is 6.54 Å². The molecular formula is C17H28N2O. The molecule has 0 bridgehead atoms. The molecule has 1 heterocycles. The van der Waals surface area contributed by atoms with Crippen molar-refractivity contribution in [2.75, 3.05) is 26.7 Å². The number of ether oxygens (including phenoxy) is 1. The largest absolute Gasteiger partial charge is 0.496 e. The summed E-state index contributed by atoms with van der Waals surface area (Å²) in [6.07, 6.45) is 5.21. The van der Waals surface area contributed by atoms with Gasteiger partial charge in [0, 0.05) is 24.7 Å². The summed E-state index contributed by atoms with van der Waals surface area (Å²) in [7, 11) is 1.76. The summed E-state index contributed by atoms with van der Waals surface area (Å²) < 4.78 is 5.47. The van der Waals surface area contributed by atoms with Gasteiger partial charge in [0.15, 0.2) is 0 Å². The zero-order valence-corrected chi connectivity index (χ0v) is 12.9. The van der Waals surface area contributed by atoms with Crippen molar-refractivity contribution >= 4 is 0 Å². The monoisotopic (exact) mass is 276 g/mol. The summed E-state index contributed by atoms with van der Waals surface area (Å²) >= 11 is 0. The molecule has 1 fully saturated rings. The van der Waals surface area contributed by atoms with Crippen molar-refractivity contribution in [2.24, 2.45) is 0 Å². The number of nitrogens with one attached hydrogen (secondary N) is 1. The quantitative estimate of drug-likeness (QED) is 0.828. The molecule has 3 heteroatoms. The van der Waals surface area contributed by atoms with Gasteiger partial charge in [-0.3, -0.25) is 4.90 Å². The van der Waals surface area contributed by atoms with Crippen molar-refractivity contribution in [1.29, 1.82) is 0 Å². The number of hydrogen-bond donors (Lipinski definition) is 1. The first-order valence-electron chi connectivity index (χ1n) is 7.91. The van der Waals surface area contributed by atoms with Crippen molar-refractivity contribution in [3.05, 3.63) is 29.8 Å². The van der Waals surface area contributed by atoms with Crippen molar-refractivity contribution in [2.45, 2.75) is 45.2 Å². The van der Waals surface area contributed by atoms with Crippen LogP contribution in [0.15, 0.2) is 24.3 Å². The number of nitrogens with zero attached hydrogens (tertiary/aromatic N) is 1. The van der Waals surface area contributed by atoms with Gasteiger partial charge in [0.2, 0.25) is 0 Å². The fourth-order valence-corrected chi connectivity index (χ4v) is 3.02. The summed E-state index contributed by atoms with van der Waals surface area (Å²) in [5, 5.41) is 3.65. The van der Waals surface area contributed by atoms with Crippen LogP contribution < -0.4 is 10.1 Å². The van der Waals surface area contributed by atoms with Gasteiger partial charge in [-0.15, -0.1) is 0 Å². The second-order valence-corrected chi connectivity index (χ2v) is 5.69. The van der Waals surface area contributed by atoms with Crippen molar-refractivity contribution < 1.29 is 4.74 Å². The van der Waals surface area contributed by atoms with E-state index in [2.05, 4.69) is 35.3 Å². The first-order chi connectivity index (χ1) is 9.83. The zero-order chi connectivity index (χ0) is 14.2. The second-order valence-electron chi connectivity index (χ2n) is 5.69. The van der Waals surface area contributed by atoms with E-state index in [1.165, 1.54) is 37.8 Å². The average Bonchev–Trinajstić information content (AvgIpc) is 2.49. The van der Waals surface area contributed by atoms with Gasteiger partial charge in [0.1, 0.15) is 5.75 Å².